The number of cyclic esters (lactones) is 1. The van der Waals surface area contributed by atoms with Crippen LogP contribution in [0.1, 0.15) is 143 Å². The fraction of sp³-hybridized carbons (Fsp3) is 0.830. The molecule has 1 amide bonds. The summed E-state index contributed by atoms with van der Waals surface area (Å²) in [6.45, 7) is 36.5. The monoisotopic (exact) mass is 1010 g/mol. The molecule has 1 N–H and O–H groups in total. The molecule has 68 heavy (non-hydrogen) atoms. The lowest BCUT2D eigenvalue weighted by molar-refractivity contribution is -0.168. The highest BCUT2D eigenvalue weighted by Crippen LogP contribution is 2.43. The van der Waals surface area contributed by atoms with Crippen molar-refractivity contribution in [3.63, 3.8) is 0 Å². The molecule has 10 atom stereocenters. The van der Waals surface area contributed by atoms with Gasteiger partial charge in [0.15, 0.2) is 31.1 Å². The summed E-state index contributed by atoms with van der Waals surface area (Å²) >= 11 is 0. The van der Waals surface area contributed by atoms with Crippen LogP contribution in [0.15, 0.2) is 36.0 Å². The molecule has 3 aliphatic rings. The highest BCUT2D eigenvalue weighted by atomic mass is 28.4. The van der Waals surface area contributed by atoms with Gasteiger partial charge in [-0.15, -0.1) is 0 Å². The number of nitrogens with one attached hydrogen (secondary N) is 1. The molecular weight excluding hydrogens is 909 g/mol. The van der Waals surface area contributed by atoms with Crippen molar-refractivity contribution < 1.29 is 46.6 Å². The third-order valence-electron chi connectivity index (χ3n) is 16.3. The van der Waals surface area contributed by atoms with E-state index in [1.807, 2.05) is 39.0 Å². The van der Waals surface area contributed by atoms with Crippen LogP contribution in [0.2, 0.25) is 54.4 Å². The van der Waals surface area contributed by atoms with Gasteiger partial charge < -0.3 is 42.4 Å². The van der Waals surface area contributed by atoms with Crippen molar-refractivity contribution in [3.8, 4) is 0 Å². The molecule has 0 saturated carbocycles. The molecule has 15 heteroatoms. The first-order chi connectivity index (χ1) is 32.2. The van der Waals surface area contributed by atoms with Gasteiger partial charge >= 0.3 is 18.0 Å². The van der Waals surface area contributed by atoms with Crippen LogP contribution >= 0.6 is 0 Å². The molecule has 3 aliphatic heterocycles. The van der Waals surface area contributed by atoms with Crippen molar-refractivity contribution in [2.45, 2.75) is 245 Å². The van der Waals surface area contributed by atoms with Crippen LogP contribution in [-0.2, 0) is 41.8 Å². The van der Waals surface area contributed by atoms with Crippen molar-refractivity contribution in [2.24, 2.45) is 11.8 Å². The van der Waals surface area contributed by atoms with E-state index in [9.17, 15) is 14.4 Å². The van der Waals surface area contributed by atoms with Crippen LogP contribution < -0.4 is 5.32 Å². The summed E-state index contributed by atoms with van der Waals surface area (Å²) in [6.07, 6.45) is 10.4. The minimum atomic E-state index is -2.19. The maximum absolute atomic E-state index is 14.2. The number of hydrogen-bond donors (Lipinski definition) is 1. The summed E-state index contributed by atoms with van der Waals surface area (Å²) in [5.74, 6) is -0.875. The fourth-order valence-corrected chi connectivity index (χ4v) is 19.7. The Kier molecular flexibility index (Phi) is 24.5. The number of hydrogen-bond acceptors (Lipinski definition) is 11. The molecule has 0 bridgehead atoms. The number of allylic oxidation sites excluding steroid dienone is 2. The maximum Gasteiger partial charge on any atom is 0.410 e. The number of nitrogens with zero attached hydrogens (tertiary/aromatic N) is 1. The van der Waals surface area contributed by atoms with Crippen LogP contribution in [0.25, 0.3) is 0 Å². The van der Waals surface area contributed by atoms with Crippen LogP contribution in [0, 0.1) is 11.8 Å². The molecule has 392 valence electrons. The second kappa shape index (κ2) is 27.6. The predicted molar refractivity (Wildman–Crippen MR) is 283 cm³/mol. The van der Waals surface area contributed by atoms with Gasteiger partial charge in [-0.1, -0.05) is 107 Å². The van der Waals surface area contributed by atoms with Gasteiger partial charge in [0.25, 0.3) is 0 Å². The number of carbonyl (C=O) groups is 3. The summed E-state index contributed by atoms with van der Waals surface area (Å²) in [5, 5.41) is 3.29. The average Bonchev–Trinajstić information content (AvgIpc) is 4.10. The molecule has 12 nitrogen and oxygen atoms in total. The summed E-state index contributed by atoms with van der Waals surface area (Å²) in [6, 6.07) is 9.21. The van der Waals surface area contributed by atoms with Crippen LogP contribution in [-0.4, -0.2) is 122 Å². The number of amides is 1. The Bertz CT molecular complexity index is 1640. The molecule has 0 aromatic carbocycles. The number of carbonyl (C=O) groups excluding carboxylic acids is 3. The van der Waals surface area contributed by atoms with Gasteiger partial charge in [-0.25, -0.2) is 4.79 Å². The summed E-state index contributed by atoms with van der Waals surface area (Å²) in [7, 11) is -6.05. The van der Waals surface area contributed by atoms with E-state index in [4.69, 9.17) is 32.2 Å². The standard InChI is InChI=1S/C53H98N2O10Si3/c1-17-45(64-67(21-5,22-6)23-7)42(13)50-46(59-50)39-52(15,65-68(24-8,25-9)26-10)32-27-28-40(11)49-41(12)29-30-47(60-51(58)55-36-34-54-35-37-55)53(16,62-43(14)56)33-31-44(38-48(57)61-49)63-66(18-2,19-3)20-4/h27-30,32,41-42,44-47,49-50,54H,17-26,31,33-39H2,1-16H3/b30-29?,32-27+,40-28+/t41?,42-,44?,45+,46+,47?,49?,50+,52?,53?/m1/s1. The van der Waals surface area contributed by atoms with Gasteiger partial charge in [-0.05, 0) is 106 Å². The van der Waals surface area contributed by atoms with E-state index in [2.05, 4.69) is 101 Å². The predicted octanol–water partition coefficient (Wildman–Crippen LogP) is 12.3. The van der Waals surface area contributed by atoms with Crippen LogP contribution in [0.4, 0.5) is 4.79 Å². The molecule has 3 rings (SSSR count). The minimum Gasteiger partial charge on any atom is -0.457 e. The Balaban J connectivity index is 2.07. The lowest BCUT2D eigenvalue weighted by atomic mass is 9.88. The zero-order valence-electron chi connectivity index (χ0n) is 45.8. The number of piperazine rings is 1. The zero-order valence-corrected chi connectivity index (χ0v) is 48.8. The molecule has 3 heterocycles. The molecule has 2 fully saturated rings. The van der Waals surface area contributed by atoms with Gasteiger partial charge in [0, 0.05) is 57.5 Å². The van der Waals surface area contributed by atoms with Crippen molar-refractivity contribution >= 4 is 43.0 Å². The second-order valence-corrected chi connectivity index (χ2v) is 34.9. The Labute approximate surface area is 417 Å². The molecule has 0 aromatic rings. The van der Waals surface area contributed by atoms with E-state index in [0.29, 0.717) is 39.0 Å². The van der Waals surface area contributed by atoms with E-state index in [-0.39, 0.29) is 42.5 Å². The van der Waals surface area contributed by atoms with Crippen LogP contribution in [0.5, 0.6) is 0 Å². The number of epoxide rings is 1. The minimum absolute atomic E-state index is 0.0548. The molecule has 2 saturated heterocycles. The lowest BCUT2D eigenvalue weighted by Crippen LogP contribution is -2.51. The SMILES string of the molecule is CC[C@H](O[Si](CC)(CC)CC)[C@@H](C)[C@@H]1O[C@H]1CC(C)(/C=C/C=C(\C)C1OC(=O)CC(O[Si](CC)(CC)CC)CCC(C)(OC(C)=O)C(OC(=O)N2CCNCC2)C=CC1C)O[Si](CC)(CC)CC. The quantitative estimate of drug-likeness (QED) is 0.0234. The van der Waals surface area contributed by atoms with Gasteiger partial charge in [0.1, 0.15) is 11.7 Å². The number of rotatable bonds is 25. The first-order valence-corrected chi connectivity index (χ1v) is 34.6. The highest BCUT2D eigenvalue weighted by molar-refractivity contribution is 6.74. The van der Waals surface area contributed by atoms with E-state index < -0.39 is 66.5 Å². The van der Waals surface area contributed by atoms with E-state index in [1.54, 1.807) is 4.90 Å². The van der Waals surface area contributed by atoms with Crippen molar-refractivity contribution in [1.29, 1.82) is 0 Å². The Hall–Kier alpha value is -2.12. The third-order valence-corrected chi connectivity index (χ3v) is 30.5. The average molecular weight is 1010 g/mol. The molecule has 6 unspecified atom stereocenters. The second-order valence-electron chi connectivity index (χ2n) is 20.8. The first kappa shape index (κ1) is 60.2. The Morgan fingerprint density at radius 3 is 2.00 bits per heavy atom. The van der Waals surface area contributed by atoms with Crippen molar-refractivity contribution in [3.05, 3.63) is 36.0 Å². The van der Waals surface area contributed by atoms with Crippen molar-refractivity contribution in [1.82, 2.24) is 10.2 Å². The molecular formula is C53H98N2O10Si3. The Morgan fingerprint density at radius 2 is 1.47 bits per heavy atom. The van der Waals surface area contributed by atoms with Gasteiger partial charge in [-0.2, -0.15) is 0 Å². The van der Waals surface area contributed by atoms with Crippen molar-refractivity contribution in [2.75, 3.05) is 26.2 Å². The fourth-order valence-electron chi connectivity index (χ4n) is 10.7. The van der Waals surface area contributed by atoms with Gasteiger partial charge in [0.2, 0.25) is 0 Å². The topological polar surface area (TPSA) is 134 Å². The van der Waals surface area contributed by atoms with E-state index in [1.165, 1.54) is 6.92 Å². The lowest BCUT2D eigenvalue weighted by Gasteiger charge is -2.39. The van der Waals surface area contributed by atoms with E-state index in [0.717, 1.165) is 72.8 Å². The molecule has 0 radical (unpaired) electrons. The largest absolute Gasteiger partial charge is 0.457 e. The number of esters is 2. The summed E-state index contributed by atoms with van der Waals surface area (Å²) in [4.78, 5) is 42.4. The maximum atomic E-state index is 14.2. The van der Waals surface area contributed by atoms with E-state index >= 15 is 0 Å². The van der Waals surface area contributed by atoms with Gasteiger partial charge in [0.05, 0.1) is 30.3 Å². The van der Waals surface area contributed by atoms with Crippen LogP contribution in [0.3, 0.4) is 0 Å². The molecule has 0 spiro atoms. The smallest absolute Gasteiger partial charge is 0.410 e. The normalized spacial score (nSPS) is 27.7. The summed E-state index contributed by atoms with van der Waals surface area (Å²) in [5.41, 5.74) is -0.957. The summed E-state index contributed by atoms with van der Waals surface area (Å²) < 4.78 is 46.9. The molecule has 0 aliphatic carbocycles. The Morgan fingerprint density at radius 1 is 0.897 bits per heavy atom. The third kappa shape index (κ3) is 16.7. The van der Waals surface area contributed by atoms with Gasteiger partial charge in [-0.3, -0.25) is 9.59 Å². The highest BCUT2D eigenvalue weighted by Gasteiger charge is 2.51. The molecule has 0 aromatic heterocycles. The first-order valence-electron chi connectivity index (χ1n) is 27.0. The number of ether oxygens (including phenoxy) is 4. The zero-order chi connectivity index (χ0) is 50.9.